The molecule has 6 nitrogen and oxygen atoms in total. The van der Waals surface area contributed by atoms with Crippen LogP contribution in [-0.2, 0) is 6.42 Å². The number of fused-ring (bicyclic) bond motifs is 2. The smallest absolute Gasteiger partial charge is 0.229 e. The first-order valence-corrected chi connectivity index (χ1v) is 10.7. The van der Waals surface area contributed by atoms with E-state index in [1.807, 2.05) is 0 Å². The van der Waals surface area contributed by atoms with Gasteiger partial charge in [0.05, 0.1) is 11.1 Å². The monoisotopic (exact) mass is 377 g/mol. The van der Waals surface area contributed by atoms with Crippen molar-refractivity contribution in [3.63, 3.8) is 0 Å². The molecule has 2 N–H and O–H groups in total. The summed E-state index contributed by atoms with van der Waals surface area (Å²) < 4.78 is 0. The maximum atomic E-state index is 12.9. The number of nitrogens with two attached hydrogens (primary N) is 1. The molecule has 6 heteroatoms. The number of ketones is 1. The van der Waals surface area contributed by atoms with E-state index in [1.54, 1.807) is 0 Å². The topological polar surface area (TPSA) is 85.0 Å². The van der Waals surface area contributed by atoms with Gasteiger partial charge in [-0.15, -0.1) is 0 Å². The van der Waals surface area contributed by atoms with Crippen LogP contribution < -0.4 is 10.6 Å². The summed E-state index contributed by atoms with van der Waals surface area (Å²) in [6.07, 6.45) is 13.3. The number of pyridine rings is 1. The number of nitrogens with zero attached hydrogens (tertiary/aromatic N) is 4. The molecular weight excluding hydrogens is 350 g/mol. The maximum absolute atomic E-state index is 12.9. The van der Waals surface area contributed by atoms with E-state index in [4.69, 9.17) is 15.7 Å². The predicted molar refractivity (Wildman–Crippen MR) is 111 cm³/mol. The molecule has 0 unspecified atom stereocenters. The summed E-state index contributed by atoms with van der Waals surface area (Å²) in [6, 6.07) is 0. The fourth-order valence-corrected chi connectivity index (χ4v) is 4.99. The molecule has 28 heavy (non-hydrogen) atoms. The first-order chi connectivity index (χ1) is 13.7. The summed E-state index contributed by atoms with van der Waals surface area (Å²) in [7, 11) is 0. The third-order valence-corrected chi connectivity index (χ3v) is 6.39. The van der Waals surface area contributed by atoms with Crippen LogP contribution in [0, 0.1) is 0 Å². The molecule has 0 radical (unpaired) electrons. The molecule has 1 aliphatic heterocycles. The van der Waals surface area contributed by atoms with Gasteiger partial charge in [-0.05, 0) is 62.8 Å². The second-order valence-electron chi connectivity index (χ2n) is 8.26. The molecule has 2 aromatic rings. The first-order valence-electron chi connectivity index (χ1n) is 10.7. The molecule has 0 aromatic carbocycles. The summed E-state index contributed by atoms with van der Waals surface area (Å²) in [4.78, 5) is 29.4. The number of carbonyl (C=O) groups is 1. The van der Waals surface area contributed by atoms with Crippen LogP contribution in [0.1, 0.15) is 78.9 Å². The van der Waals surface area contributed by atoms with E-state index in [1.165, 1.54) is 6.42 Å². The Bertz CT molecular complexity index is 961. The molecule has 3 aliphatic rings. The standard InChI is InChI=1S/C22H27N5O/c23-20-19-17(14-8-3-1-4-9-14)18-15(10-7-11-16(18)28)24-21(19)26-22(25-20)27-12-5-2-6-13-27/h1,3,14H,2,4-13H2,(H2,23,24,25,26)/t14-/m1/s1. The number of rotatable bonds is 2. The van der Waals surface area contributed by atoms with Crippen LogP contribution in [0.25, 0.3) is 11.0 Å². The average molecular weight is 377 g/mol. The second kappa shape index (κ2) is 7.15. The summed E-state index contributed by atoms with van der Waals surface area (Å²) >= 11 is 0. The number of anilines is 2. The SMILES string of the molecule is Nc1nc(N2CCCCC2)nc2nc3c(c([C@@H]4CC=CCC4)c12)C(=O)CCC3. The van der Waals surface area contributed by atoms with Gasteiger partial charge < -0.3 is 10.6 Å². The molecule has 3 heterocycles. The van der Waals surface area contributed by atoms with Gasteiger partial charge >= 0.3 is 0 Å². The fourth-order valence-electron chi connectivity index (χ4n) is 4.99. The van der Waals surface area contributed by atoms with Crippen molar-refractivity contribution >= 4 is 28.6 Å². The predicted octanol–water partition coefficient (Wildman–Crippen LogP) is 3.94. The average Bonchev–Trinajstić information content (AvgIpc) is 2.73. The van der Waals surface area contributed by atoms with Crippen molar-refractivity contribution < 1.29 is 4.79 Å². The van der Waals surface area contributed by atoms with E-state index < -0.39 is 0 Å². The van der Waals surface area contributed by atoms with Crippen LogP contribution in [0.4, 0.5) is 11.8 Å². The lowest BCUT2D eigenvalue weighted by molar-refractivity contribution is 0.0970. The molecule has 146 valence electrons. The summed E-state index contributed by atoms with van der Waals surface area (Å²) in [5.74, 6) is 1.66. The van der Waals surface area contributed by atoms with Gasteiger partial charge in [-0.3, -0.25) is 4.79 Å². The highest BCUT2D eigenvalue weighted by molar-refractivity contribution is 6.05. The molecule has 0 amide bonds. The number of hydrogen-bond acceptors (Lipinski definition) is 6. The van der Waals surface area contributed by atoms with Crippen molar-refractivity contribution in [2.24, 2.45) is 0 Å². The van der Waals surface area contributed by atoms with Crippen molar-refractivity contribution in [1.29, 1.82) is 0 Å². The van der Waals surface area contributed by atoms with E-state index in [-0.39, 0.29) is 11.7 Å². The fraction of sp³-hybridized carbons (Fsp3) is 0.545. The zero-order chi connectivity index (χ0) is 19.1. The summed E-state index contributed by atoms with van der Waals surface area (Å²) in [5, 5.41) is 0.815. The highest BCUT2D eigenvalue weighted by Gasteiger charge is 2.31. The molecule has 0 bridgehead atoms. The minimum atomic E-state index is 0.208. The number of aryl methyl sites for hydroxylation is 1. The molecule has 0 saturated carbocycles. The van der Waals surface area contributed by atoms with Crippen LogP contribution in [0.2, 0.25) is 0 Å². The molecule has 2 aromatic heterocycles. The van der Waals surface area contributed by atoms with Crippen molar-refractivity contribution in [3.8, 4) is 0 Å². The number of allylic oxidation sites excluding steroid dienone is 2. The van der Waals surface area contributed by atoms with Gasteiger partial charge in [-0.25, -0.2) is 4.98 Å². The van der Waals surface area contributed by atoms with Gasteiger partial charge in [0.1, 0.15) is 5.82 Å². The Hall–Kier alpha value is -2.50. The molecule has 2 aliphatic carbocycles. The second-order valence-corrected chi connectivity index (χ2v) is 8.26. The largest absolute Gasteiger partial charge is 0.383 e. The number of Topliss-reactive ketones (excluding diaryl/α,β-unsaturated/α-hetero) is 1. The number of nitrogen functional groups attached to an aromatic ring is 1. The van der Waals surface area contributed by atoms with Crippen LogP contribution in [0.15, 0.2) is 12.2 Å². The summed E-state index contributed by atoms with van der Waals surface area (Å²) in [5.41, 5.74) is 9.97. The number of carbonyl (C=O) groups excluding carboxylic acids is 1. The summed E-state index contributed by atoms with van der Waals surface area (Å²) in [6.45, 7) is 1.93. The molecular formula is C22H27N5O. The first kappa shape index (κ1) is 17.6. The Morgan fingerprint density at radius 1 is 1.00 bits per heavy atom. The Morgan fingerprint density at radius 2 is 1.86 bits per heavy atom. The van der Waals surface area contributed by atoms with Gasteiger partial charge in [-0.2, -0.15) is 9.97 Å². The highest BCUT2D eigenvalue weighted by atomic mass is 16.1. The number of aromatic nitrogens is 3. The molecule has 1 atom stereocenters. The van der Waals surface area contributed by atoms with Gasteiger partial charge in [0, 0.05) is 25.1 Å². The Labute approximate surface area is 165 Å². The van der Waals surface area contributed by atoms with Gasteiger partial charge in [0.2, 0.25) is 5.95 Å². The van der Waals surface area contributed by atoms with Crippen molar-refractivity contribution in [2.45, 2.75) is 63.7 Å². The van der Waals surface area contributed by atoms with E-state index in [2.05, 4.69) is 22.0 Å². The quantitative estimate of drug-likeness (QED) is 0.798. The van der Waals surface area contributed by atoms with Gasteiger partial charge in [0.15, 0.2) is 11.4 Å². The van der Waals surface area contributed by atoms with Crippen LogP contribution in [-0.4, -0.2) is 33.8 Å². The maximum Gasteiger partial charge on any atom is 0.229 e. The van der Waals surface area contributed by atoms with Crippen LogP contribution in [0.3, 0.4) is 0 Å². The minimum Gasteiger partial charge on any atom is -0.383 e. The zero-order valence-electron chi connectivity index (χ0n) is 16.3. The van der Waals surface area contributed by atoms with Crippen LogP contribution in [0.5, 0.6) is 0 Å². The number of hydrogen-bond donors (Lipinski definition) is 1. The molecule has 1 fully saturated rings. The van der Waals surface area contributed by atoms with E-state index in [0.717, 1.165) is 80.2 Å². The lowest BCUT2D eigenvalue weighted by Gasteiger charge is -2.29. The lowest BCUT2D eigenvalue weighted by Crippen LogP contribution is -2.31. The molecule has 5 rings (SSSR count). The third kappa shape index (κ3) is 2.95. The normalized spacial score (nSPS) is 22.5. The number of piperidine rings is 1. The molecule has 1 saturated heterocycles. The Balaban J connectivity index is 1.72. The Kier molecular flexibility index (Phi) is 4.49. The minimum absolute atomic E-state index is 0.208. The van der Waals surface area contributed by atoms with Crippen molar-refractivity contribution in [1.82, 2.24) is 15.0 Å². The van der Waals surface area contributed by atoms with E-state index in [9.17, 15) is 4.79 Å². The van der Waals surface area contributed by atoms with Crippen LogP contribution >= 0.6 is 0 Å². The lowest BCUT2D eigenvalue weighted by atomic mass is 9.79. The van der Waals surface area contributed by atoms with Crippen molar-refractivity contribution in [3.05, 3.63) is 29.0 Å². The zero-order valence-corrected chi connectivity index (χ0v) is 16.3. The molecule has 0 spiro atoms. The van der Waals surface area contributed by atoms with E-state index in [0.29, 0.717) is 23.8 Å². The van der Waals surface area contributed by atoms with E-state index >= 15 is 0 Å². The Morgan fingerprint density at radius 3 is 2.64 bits per heavy atom. The van der Waals surface area contributed by atoms with Gasteiger partial charge in [-0.1, -0.05) is 12.2 Å². The third-order valence-electron chi connectivity index (χ3n) is 6.39. The van der Waals surface area contributed by atoms with Crippen molar-refractivity contribution in [2.75, 3.05) is 23.7 Å². The highest BCUT2D eigenvalue weighted by Crippen LogP contribution is 2.41. The van der Waals surface area contributed by atoms with Gasteiger partial charge in [0.25, 0.3) is 0 Å².